The maximum atomic E-state index is 7.33. The molecule has 0 heterocycles. The molecule has 0 fully saturated rings. The lowest BCUT2D eigenvalue weighted by atomic mass is 11.3. The largest absolute Gasteiger partial charge is 0.668 e. The van der Waals surface area contributed by atoms with Gasteiger partial charge in [-0.25, -0.2) is 0 Å². The molecule has 0 saturated heterocycles. The van der Waals surface area contributed by atoms with Gasteiger partial charge in [-0.3, -0.25) is 0 Å². The second kappa shape index (κ2) is 4.61. The van der Waals surface area contributed by atoms with Crippen molar-refractivity contribution in [3.63, 3.8) is 0 Å². The van der Waals surface area contributed by atoms with Crippen LogP contribution in [0.4, 0.5) is 0 Å². The molecular weight excluding hydrogens is 164 g/mol. The zero-order valence-electron chi connectivity index (χ0n) is 4.35. The molecule has 0 saturated carbocycles. The molecule has 0 aromatic rings. The minimum atomic E-state index is -4.61. The summed E-state index contributed by atoms with van der Waals surface area (Å²) >= 11 is 4.09. The van der Waals surface area contributed by atoms with Crippen LogP contribution in [0.5, 0.6) is 0 Å². The van der Waals surface area contributed by atoms with Gasteiger partial charge < -0.3 is 30.7 Å². The zero-order valence-corrected chi connectivity index (χ0v) is 6.17. The smallest absolute Gasteiger partial charge is 0.377 e. The lowest BCUT2D eigenvalue weighted by Crippen LogP contribution is -2.33. The highest BCUT2D eigenvalue weighted by molar-refractivity contribution is 7.80. The van der Waals surface area contributed by atoms with Gasteiger partial charge in [-0.05, 0) is 12.2 Å². The normalized spacial score (nSPS) is 9.33. The fourth-order valence-electron chi connectivity index (χ4n) is 0. The summed E-state index contributed by atoms with van der Waals surface area (Å²) in [5.74, 6) is 0. The summed E-state index contributed by atoms with van der Waals surface area (Å²) in [5.41, 5.74) is 9.24. The van der Waals surface area contributed by atoms with Gasteiger partial charge in [0.05, 0.1) is 0 Å². The highest BCUT2D eigenvalue weighted by atomic mass is 32.1. The maximum absolute atomic E-state index is 7.33. The molecule has 0 aliphatic rings. The summed E-state index contributed by atoms with van der Waals surface area (Å²) in [4.78, 5) is 29.3. The van der Waals surface area contributed by atoms with E-state index < -0.39 is 9.05 Å². The fourth-order valence-corrected chi connectivity index (χ4v) is 0. The van der Waals surface area contributed by atoms with Gasteiger partial charge >= 0.3 is 9.05 Å². The molecule has 0 aliphatic heterocycles. The molecule has 9 heavy (non-hydrogen) atoms. The van der Waals surface area contributed by atoms with Crippen LogP contribution < -0.4 is 11.5 Å². The first-order chi connectivity index (χ1) is 3.73. The predicted molar refractivity (Wildman–Crippen MR) is 35.6 cm³/mol. The summed E-state index contributed by atoms with van der Waals surface area (Å²) in [6.45, 7) is 0. The molecule has 0 amide bonds. The fraction of sp³-hybridized carbons (Fsp3) is 0. The van der Waals surface area contributed by atoms with Crippen molar-refractivity contribution in [2.75, 3.05) is 0 Å². The van der Waals surface area contributed by atoms with E-state index in [0.717, 1.165) is 0 Å². The van der Waals surface area contributed by atoms with Crippen molar-refractivity contribution in [2.24, 2.45) is 11.5 Å². The molecule has 56 valence electrons. The first kappa shape index (κ1) is 11.5. The highest BCUT2D eigenvalue weighted by Crippen LogP contribution is 1.67. The van der Waals surface area contributed by atoms with E-state index in [1.54, 1.807) is 0 Å². The standard InChI is InChI=1S/CH4N2S.H4O4Si/c2-1(3)4;1-5(2,3)4/h(H4,2,3,4);1-4H. The van der Waals surface area contributed by atoms with Gasteiger partial charge in [0.15, 0.2) is 5.11 Å². The Balaban J connectivity index is 0. The maximum Gasteiger partial charge on any atom is 0.668 e. The molecule has 6 nitrogen and oxygen atoms in total. The van der Waals surface area contributed by atoms with Crippen molar-refractivity contribution in [3.05, 3.63) is 0 Å². The summed E-state index contributed by atoms with van der Waals surface area (Å²) in [6, 6.07) is 0. The highest BCUT2D eigenvalue weighted by Gasteiger charge is 2.22. The van der Waals surface area contributed by atoms with Crippen molar-refractivity contribution >= 4 is 26.4 Å². The predicted octanol–water partition coefficient (Wildman–Crippen LogP) is -3.42. The van der Waals surface area contributed by atoms with Crippen molar-refractivity contribution in [3.8, 4) is 0 Å². The second-order valence-electron chi connectivity index (χ2n) is 1.00. The van der Waals surface area contributed by atoms with Crippen molar-refractivity contribution in [2.45, 2.75) is 0 Å². The summed E-state index contributed by atoms with van der Waals surface area (Å²) in [6.07, 6.45) is 0. The van der Waals surface area contributed by atoms with Gasteiger partial charge in [-0.1, -0.05) is 0 Å². The van der Waals surface area contributed by atoms with E-state index in [0.29, 0.717) is 0 Å². The van der Waals surface area contributed by atoms with Crippen LogP contribution in [0, 0.1) is 0 Å². The molecule has 0 bridgehead atoms. The second-order valence-corrected chi connectivity index (χ2v) is 2.67. The van der Waals surface area contributed by atoms with Crippen LogP contribution >= 0.6 is 12.2 Å². The van der Waals surface area contributed by atoms with Crippen LogP contribution in [0.15, 0.2) is 0 Å². The Morgan fingerprint density at radius 1 is 1.11 bits per heavy atom. The van der Waals surface area contributed by atoms with E-state index in [-0.39, 0.29) is 5.11 Å². The van der Waals surface area contributed by atoms with Gasteiger partial charge in [0.2, 0.25) is 0 Å². The van der Waals surface area contributed by atoms with Gasteiger partial charge in [-0.15, -0.1) is 0 Å². The molecule has 0 aromatic carbocycles. The molecular formula is CH8N2O4SSi. The molecule has 0 atom stereocenters. The Morgan fingerprint density at radius 3 is 1.11 bits per heavy atom. The Hall–Kier alpha value is -0.253. The van der Waals surface area contributed by atoms with E-state index in [2.05, 4.69) is 23.7 Å². The first-order valence-electron chi connectivity index (χ1n) is 1.68. The third-order valence-electron chi connectivity index (χ3n) is 0. The number of hydrogen-bond donors (Lipinski definition) is 6. The van der Waals surface area contributed by atoms with Crippen LogP contribution in [0.3, 0.4) is 0 Å². The minimum absolute atomic E-state index is 0.000000000000000222. The van der Waals surface area contributed by atoms with Crippen LogP contribution in [-0.4, -0.2) is 33.3 Å². The van der Waals surface area contributed by atoms with Crippen LogP contribution in [0.2, 0.25) is 0 Å². The Bertz CT molecular complexity index is 81.1. The Labute approximate surface area is 57.8 Å². The van der Waals surface area contributed by atoms with Crippen molar-refractivity contribution < 1.29 is 19.2 Å². The molecule has 0 aliphatic carbocycles. The first-order valence-corrected chi connectivity index (χ1v) is 3.87. The average molecular weight is 172 g/mol. The minimum Gasteiger partial charge on any atom is -0.377 e. The summed E-state index contributed by atoms with van der Waals surface area (Å²) in [5, 5.41) is 0.000000000000000222. The topological polar surface area (TPSA) is 133 Å². The van der Waals surface area contributed by atoms with E-state index >= 15 is 0 Å². The SMILES string of the molecule is NC(N)=S.O[Si](O)(O)O. The van der Waals surface area contributed by atoms with Crippen molar-refractivity contribution in [1.82, 2.24) is 0 Å². The lowest BCUT2D eigenvalue weighted by molar-refractivity contribution is 0.117. The lowest BCUT2D eigenvalue weighted by Gasteiger charge is -1.91. The van der Waals surface area contributed by atoms with Crippen LogP contribution in [0.1, 0.15) is 0 Å². The number of nitrogens with two attached hydrogens (primary N) is 2. The molecule has 0 spiro atoms. The van der Waals surface area contributed by atoms with E-state index in [1.807, 2.05) is 0 Å². The number of rotatable bonds is 0. The quantitative estimate of drug-likeness (QED) is 0.165. The van der Waals surface area contributed by atoms with Gasteiger partial charge in [0.1, 0.15) is 0 Å². The molecule has 0 rings (SSSR count). The molecule has 0 aromatic heterocycles. The van der Waals surface area contributed by atoms with E-state index in [4.69, 9.17) is 19.2 Å². The van der Waals surface area contributed by atoms with Crippen molar-refractivity contribution in [1.29, 1.82) is 0 Å². The van der Waals surface area contributed by atoms with Crippen LogP contribution in [0.25, 0.3) is 0 Å². The number of hydrogen-bond acceptors (Lipinski definition) is 5. The Morgan fingerprint density at radius 2 is 1.11 bits per heavy atom. The third-order valence-corrected chi connectivity index (χ3v) is 0. The molecule has 0 unspecified atom stereocenters. The number of thiocarbonyl (C=S) groups is 1. The molecule has 8 N–H and O–H groups in total. The summed E-state index contributed by atoms with van der Waals surface area (Å²) in [7, 11) is -4.61. The average Bonchev–Trinajstić information content (AvgIpc) is 1.19. The Kier molecular flexibility index (Phi) is 5.91. The summed E-state index contributed by atoms with van der Waals surface area (Å²) < 4.78 is 0. The monoisotopic (exact) mass is 172 g/mol. The van der Waals surface area contributed by atoms with Gasteiger partial charge in [0.25, 0.3) is 0 Å². The third kappa shape index (κ3) is 3990. The molecule has 0 radical (unpaired) electrons. The van der Waals surface area contributed by atoms with E-state index in [1.165, 1.54) is 0 Å². The van der Waals surface area contributed by atoms with Gasteiger partial charge in [0, 0.05) is 0 Å². The van der Waals surface area contributed by atoms with E-state index in [9.17, 15) is 0 Å². The van der Waals surface area contributed by atoms with Crippen LogP contribution in [-0.2, 0) is 0 Å². The zero-order chi connectivity index (χ0) is 8.08. The van der Waals surface area contributed by atoms with Gasteiger partial charge in [-0.2, -0.15) is 0 Å². The molecule has 8 heteroatoms.